The third kappa shape index (κ3) is 2.69. The monoisotopic (exact) mass is 373 g/mol. The van der Waals surface area contributed by atoms with Crippen LogP contribution in [0.1, 0.15) is 5.56 Å². The Morgan fingerprint density at radius 3 is 2.31 bits per heavy atom. The molecule has 0 aliphatic carbocycles. The highest BCUT2D eigenvalue weighted by Crippen LogP contribution is 2.39. The minimum absolute atomic E-state index is 0. The van der Waals surface area contributed by atoms with Crippen LogP contribution in [0.3, 0.4) is 0 Å². The summed E-state index contributed by atoms with van der Waals surface area (Å²) in [4.78, 5) is 0. The summed E-state index contributed by atoms with van der Waals surface area (Å²) in [7, 11) is 4.85. The number of benzene rings is 2. The highest BCUT2D eigenvalue weighted by atomic mass is 35.5. The third-order valence-corrected chi connectivity index (χ3v) is 4.83. The molecule has 0 saturated heterocycles. The number of rotatable bonds is 3. The molecule has 2 heterocycles. The van der Waals surface area contributed by atoms with Crippen molar-refractivity contribution >= 4 is 10.8 Å². The van der Waals surface area contributed by atoms with Crippen LogP contribution in [0.15, 0.2) is 36.5 Å². The lowest BCUT2D eigenvalue weighted by atomic mass is 9.95. The van der Waals surface area contributed by atoms with Crippen LogP contribution in [0.25, 0.3) is 22.0 Å². The number of methoxy groups -OCH3 is 3. The number of halogens is 1. The summed E-state index contributed by atoms with van der Waals surface area (Å²) < 4.78 is 18.3. The molecule has 0 unspecified atom stereocenters. The smallest absolute Gasteiger partial charge is 0.213 e. The molecule has 1 aliphatic rings. The van der Waals surface area contributed by atoms with E-state index in [4.69, 9.17) is 14.2 Å². The SMILES string of the molecule is COc1cc2c(cc1OC)-c1cc3ccc(OC)c(O)c3c[n+]1CC2.[Cl-]. The zero-order chi connectivity index (χ0) is 17.6. The second-order valence-corrected chi connectivity index (χ2v) is 6.09. The summed E-state index contributed by atoms with van der Waals surface area (Å²) in [6, 6.07) is 9.91. The number of hydrogen-bond donors (Lipinski definition) is 1. The lowest BCUT2D eigenvalue weighted by Crippen LogP contribution is -3.00. The zero-order valence-electron chi connectivity index (χ0n) is 14.9. The number of fused-ring (bicyclic) bond motifs is 4. The fraction of sp³-hybridized carbons (Fsp3) is 0.250. The molecule has 0 atom stereocenters. The summed E-state index contributed by atoms with van der Waals surface area (Å²) in [5.74, 6) is 2.12. The van der Waals surface area contributed by atoms with Crippen LogP contribution in [0.2, 0.25) is 0 Å². The van der Waals surface area contributed by atoms with Gasteiger partial charge < -0.3 is 31.7 Å². The van der Waals surface area contributed by atoms with Crippen LogP contribution in [-0.4, -0.2) is 26.4 Å². The van der Waals surface area contributed by atoms with E-state index in [0.29, 0.717) is 11.5 Å². The Bertz CT molecular complexity index is 987. The maximum Gasteiger partial charge on any atom is 0.213 e. The number of phenolic OH excluding ortho intramolecular Hbond substituents is 1. The van der Waals surface area contributed by atoms with Crippen molar-refractivity contribution in [1.29, 1.82) is 0 Å². The van der Waals surface area contributed by atoms with Gasteiger partial charge in [0.1, 0.15) is 0 Å². The summed E-state index contributed by atoms with van der Waals surface area (Å²) in [5.41, 5.74) is 3.45. The van der Waals surface area contributed by atoms with Crippen molar-refractivity contribution in [3.63, 3.8) is 0 Å². The molecule has 0 fully saturated rings. The van der Waals surface area contributed by atoms with Gasteiger partial charge in [-0.3, -0.25) is 0 Å². The van der Waals surface area contributed by atoms with E-state index >= 15 is 0 Å². The van der Waals surface area contributed by atoms with Gasteiger partial charge in [-0.05, 0) is 35.2 Å². The number of hydrogen-bond acceptors (Lipinski definition) is 4. The Morgan fingerprint density at radius 2 is 1.62 bits per heavy atom. The van der Waals surface area contributed by atoms with E-state index in [1.54, 1.807) is 27.4 Å². The molecule has 2 aromatic carbocycles. The lowest BCUT2D eigenvalue weighted by molar-refractivity contribution is -0.686. The first kappa shape index (κ1) is 18.1. The standard InChI is InChI=1S/C20H19NO4.ClH/c1-23-17-5-4-12-8-16-14-10-19(25-3)18(24-2)9-13(14)6-7-21(16)11-15(12)20(17)22;/h4-5,8-11H,6-7H2,1-3H3;1H. The molecule has 1 aromatic heterocycles. The fourth-order valence-electron chi connectivity index (χ4n) is 3.51. The van der Waals surface area contributed by atoms with Gasteiger partial charge in [0.25, 0.3) is 0 Å². The van der Waals surface area contributed by atoms with Crippen molar-refractivity contribution in [1.82, 2.24) is 0 Å². The minimum Gasteiger partial charge on any atom is -1.00 e. The fourth-order valence-corrected chi connectivity index (χ4v) is 3.51. The molecule has 1 N–H and O–H groups in total. The Hall–Kier alpha value is -2.66. The maximum absolute atomic E-state index is 10.4. The molecule has 26 heavy (non-hydrogen) atoms. The van der Waals surface area contributed by atoms with Crippen molar-refractivity contribution in [3.8, 4) is 34.3 Å². The molecule has 0 saturated carbocycles. The average Bonchev–Trinajstić information content (AvgIpc) is 2.66. The first-order valence-corrected chi connectivity index (χ1v) is 8.14. The van der Waals surface area contributed by atoms with Gasteiger partial charge in [-0.1, -0.05) is 0 Å². The number of aromatic nitrogens is 1. The lowest BCUT2D eigenvalue weighted by Gasteiger charge is -2.18. The van der Waals surface area contributed by atoms with Crippen LogP contribution in [0.5, 0.6) is 23.0 Å². The normalized spacial score (nSPS) is 12.0. The second kappa shape index (κ2) is 6.92. The van der Waals surface area contributed by atoms with Crippen molar-refractivity contribution in [2.75, 3.05) is 21.3 Å². The van der Waals surface area contributed by atoms with Crippen molar-refractivity contribution in [2.24, 2.45) is 0 Å². The number of nitrogens with zero attached hydrogens (tertiary/aromatic N) is 1. The number of ether oxygens (including phenoxy) is 3. The van der Waals surface area contributed by atoms with Gasteiger partial charge in [0.05, 0.1) is 32.3 Å². The van der Waals surface area contributed by atoms with E-state index < -0.39 is 0 Å². The minimum atomic E-state index is 0. The van der Waals surface area contributed by atoms with Gasteiger partial charge >= 0.3 is 0 Å². The molecule has 0 bridgehead atoms. The molecule has 4 rings (SSSR count). The summed E-state index contributed by atoms with van der Waals surface area (Å²) in [5, 5.41) is 12.2. The molecular weight excluding hydrogens is 354 g/mol. The maximum atomic E-state index is 10.4. The molecule has 5 nitrogen and oxygen atoms in total. The molecule has 0 radical (unpaired) electrons. The summed E-state index contributed by atoms with van der Waals surface area (Å²) >= 11 is 0. The van der Waals surface area contributed by atoms with Crippen LogP contribution in [0.4, 0.5) is 0 Å². The van der Waals surface area contributed by atoms with Gasteiger partial charge in [-0.25, -0.2) is 0 Å². The van der Waals surface area contributed by atoms with E-state index in [1.165, 1.54) is 5.56 Å². The van der Waals surface area contributed by atoms with Crippen LogP contribution in [0, 0.1) is 0 Å². The van der Waals surface area contributed by atoms with E-state index in [9.17, 15) is 5.11 Å². The average molecular weight is 374 g/mol. The van der Waals surface area contributed by atoms with Gasteiger partial charge in [-0.15, -0.1) is 0 Å². The Labute approximate surface area is 158 Å². The molecule has 0 amide bonds. The van der Waals surface area contributed by atoms with E-state index in [0.717, 1.165) is 40.7 Å². The first-order valence-electron chi connectivity index (χ1n) is 8.14. The Balaban J connectivity index is 0.00000196. The van der Waals surface area contributed by atoms with E-state index in [2.05, 4.69) is 10.6 Å². The first-order chi connectivity index (χ1) is 12.2. The molecule has 1 aliphatic heterocycles. The second-order valence-electron chi connectivity index (χ2n) is 6.09. The summed E-state index contributed by atoms with van der Waals surface area (Å²) in [6.45, 7) is 0.838. The van der Waals surface area contributed by atoms with Crippen molar-refractivity contribution in [3.05, 3.63) is 42.1 Å². The van der Waals surface area contributed by atoms with Gasteiger partial charge in [0.15, 0.2) is 35.7 Å². The largest absolute Gasteiger partial charge is 1.00 e. The molecule has 6 heteroatoms. The predicted octanol–water partition coefficient (Wildman–Crippen LogP) is 0.0858. The number of phenols is 1. The molecule has 0 spiro atoms. The number of pyridine rings is 1. The van der Waals surface area contributed by atoms with Crippen molar-refractivity contribution in [2.45, 2.75) is 13.0 Å². The Morgan fingerprint density at radius 1 is 0.923 bits per heavy atom. The third-order valence-electron chi connectivity index (χ3n) is 4.83. The zero-order valence-corrected chi connectivity index (χ0v) is 15.6. The highest BCUT2D eigenvalue weighted by Gasteiger charge is 2.26. The van der Waals surface area contributed by atoms with Crippen LogP contribution < -0.4 is 31.2 Å². The van der Waals surface area contributed by atoms with Crippen LogP contribution in [-0.2, 0) is 13.0 Å². The number of aromatic hydroxyl groups is 1. The van der Waals surface area contributed by atoms with Crippen LogP contribution >= 0.6 is 0 Å². The van der Waals surface area contributed by atoms with Gasteiger partial charge in [0, 0.05) is 12.5 Å². The van der Waals surface area contributed by atoms with Gasteiger partial charge in [-0.2, -0.15) is 4.57 Å². The number of aryl methyl sites for hydroxylation is 2. The highest BCUT2D eigenvalue weighted by molar-refractivity contribution is 5.91. The molecular formula is C20H20ClNO4. The topological polar surface area (TPSA) is 51.8 Å². The quantitative estimate of drug-likeness (QED) is 0.661. The molecule has 3 aromatic rings. The molecule has 136 valence electrons. The summed E-state index contributed by atoms with van der Waals surface area (Å²) in [6.07, 6.45) is 2.88. The van der Waals surface area contributed by atoms with E-state index in [1.807, 2.05) is 24.4 Å². The van der Waals surface area contributed by atoms with E-state index in [-0.39, 0.29) is 18.2 Å². The Kier molecular flexibility index (Phi) is 4.83. The van der Waals surface area contributed by atoms with Crippen molar-refractivity contribution < 1.29 is 36.3 Å². The van der Waals surface area contributed by atoms with Gasteiger partial charge in [0.2, 0.25) is 5.69 Å². The predicted molar refractivity (Wildman–Crippen MR) is 94.6 cm³/mol.